The molecular formula is C7H6ClNOS. The Balaban J connectivity index is 2.90. The van der Waals surface area contributed by atoms with Crippen molar-refractivity contribution < 1.29 is 4.79 Å². The minimum atomic E-state index is -0.151. The van der Waals surface area contributed by atoms with Crippen LogP contribution in [0.15, 0.2) is 24.3 Å². The van der Waals surface area contributed by atoms with Gasteiger partial charge in [0.1, 0.15) is 0 Å². The number of nitrogens with two attached hydrogens (primary N) is 1. The van der Waals surface area contributed by atoms with Crippen molar-refractivity contribution in [2.75, 3.05) is 0 Å². The molecule has 0 aromatic heterocycles. The van der Waals surface area contributed by atoms with Crippen LogP contribution in [0.2, 0.25) is 5.02 Å². The summed E-state index contributed by atoms with van der Waals surface area (Å²) in [6, 6.07) is 6.60. The molecule has 0 fully saturated rings. The van der Waals surface area contributed by atoms with E-state index < -0.39 is 0 Å². The molecule has 1 rings (SSSR count). The smallest absolute Gasteiger partial charge is 0.233 e. The number of hydrogen-bond donors (Lipinski definition) is 1. The number of rotatable bonds is 1. The van der Waals surface area contributed by atoms with Crippen molar-refractivity contribution in [1.29, 1.82) is 0 Å². The van der Waals surface area contributed by atoms with Gasteiger partial charge in [0.2, 0.25) is 5.12 Å². The van der Waals surface area contributed by atoms with Gasteiger partial charge in [-0.15, -0.1) is 0 Å². The summed E-state index contributed by atoms with van der Waals surface area (Å²) >= 11 is 6.31. The van der Waals surface area contributed by atoms with Crippen molar-refractivity contribution in [3.8, 4) is 0 Å². The largest absolute Gasteiger partial charge is 0.280 e. The highest BCUT2D eigenvalue weighted by atomic mass is 35.5. The highest BCUT2D eigenvalue weighted by molar-refractivity contribution is 8.12. The average Bonchev–Trinajstić information content (AvgIpc) is 2.05. The van der Waals surface area contributed by atoms with Gasteiger partial charge in [0.15, 0.2) is 0 Å². The average molecular weight is 188 g/mol. The van der Waals surface area contributed by atoms with Gasteiger partial charge >= 0.3 is 0 Å². The molecule has 0 saturated carbocycles. The molecular weight excluding hydrogens is 182 g/mol. The first-order valence-corrected chi connectivity index (χ1v) is 4.16. The molecule has 0 radical (unpaired) electrons. The van der Waals surface area contributed by atoms with Crippen molar-refractivity contribution >= 4 is 28.7 Å². The number of hydrogen-bond acceptors (Lipinski definition) is 3. The minimum Gasteiger partial charge on any atom is -0.280 e. The summed E-state index contributed by atoms with van der Waals surface area (Å²) in [5.41, 5.74) is 0.571. The maximum absolute atomic E-state index is 10.9. The molecule has 0 heterocycles. The molecule has 0 bridgehead atoms. The maximum atomic E-state index is 10.9. The van der Waals surface area contributed by atoms with Gasteiger partial charge in [0, 0.05) is 10.6 Å². The van der Waals surface area contributed by atoms with Crippen LogP contribution in [0.3, 0.4) is 0 Å². The predicted octanol–water partition coefficient (Wildman–Crippen LogP) is 2.09. The van der Waals surface area contributed by atoms with Crippen LogP contribution in [0.4, 0.5) is 0 Å². The highest BCUT2D eigenvalue weighted by Crippen LogP contribution is 2.12. The molecule has 58 valence electrons. The van der Waals surface area contributed by atoms with Gasteiger partial charge in [-0.05, 0) is 36.2 Å². The van der Waals surface area contributed by atoms with Gasteiger partial charge in [-0.25, -0.2) is 0 Å². The first-order chi connectivity index (χ1) is 5.24. The molecule has 1 aromatic carbocycles. The first-order valence-electron chi connectivity index (χ1n) is 2.90. The second kappa shape index (κ2) is 3.76. The third-order valence-corrected chi connectivity index (χ3v) is 1.89. The zero-order valence-corrected chi connectivity index (χ0v) is 7.15. The lowest BCUT2D eigenvalue weighted by Gasteiger charge is -1.94. The van der Waals surface area contributed by atoms with E-state index >= 15 is 0 Å². The monoisotopic (exact) mass is 187 g/mol. The van der Waals surface area contributed by atoms with E-state index in [1.54, 1.807) is 24.3 Å². The van der Waals surface area contributed by atoms with E-state index in [1.807, 2.05) is 0 Å². The van der Waals surface area contributed by atoms with E-state index in [0.29, 0.717) is 22.5 Å². The lowest BCUT2D eigenvalue weighted by molar-refractivity contribution is 0.108. The summed E-state index contributed by atoms with van der Waals surface area (Å²) < 4.78 is 0. The van der Waals surface area contributed by atoms with Gasteiger partial charge in [0.05, 0.1) is 0 Å². The molecule has 0 amide bonds. The third kappa shape index (κ3) is 2.22. The fourth-order valence-corrected chi connectivity index (χ4v) is 1.05. The van der Waals surface area contributed by atoms with Gasteiger partial charge in [-0.3, -0.25) is 9.93 Å². The molecule has 0 aliphatic rings. The Morgan fingerprint density at radius 3 is 2.36 bits per heavy atom. The fourth-order valence-electron chi connectivity index (χ4n) is 0.654. The first kappa shape index (κ1) is 8.59. The maximum Gasteiger partial charge on any atom is 0.233 e. The molecule has 4 heteroatoms. The van der Waals surface area contributed by atoms with E-state index in [1.165, 1.54) is 0 Å². The van der Waals surface area contributed by atoms with E-state index in [-0.39, 0.29) is 5.12 Å². The van der Waals surface area contributed by atoms with Gasteiger partial charge < -0.3 is 0 Å². The molecule has 0 saturated heterocycles. The van der Waals surface area contributed by atoms with Gasteiger partial charge in [0.25, 0.3) is 0 Å². The van der Waals surface area contributed by atoms with Crippen LogP contribution in [0.1, 0.15) is 10.4 Å². The van der Waals surface area contributed by atoms with Crippen LogP contribution in [-0.4, -0.2) is 5.12 Å². The molecule has 0 unspecified atom stereocenters. The quantitative estimate of drug-likeness (QED) is 0.685. The standard InChI is InChI=1S/C7H6ClNOS/c8-6-3-1-5(2-4-6)7(10)11-9/h1-4H,9H2. The van der Waals surface area contributed by atoms with Crippen LogP contribution in [-0.2, 0) is 0 Å². The summed E-state index contributed by atoms with van der Waals surface area (Å²) in [5.74, 6) is 0. The summed E-state index contributed by atoms with van der Waals surface area (Å²) in [7, 11) is 0. The summed E-state index contributed by atoms with van der Waals surface area (Å²) in [6.07, 6.45) is 0. The summed E-state index contributed by atoms with van der Waals surface area (Å²) in [5, 5.41) is 5.54. The molecule has 0 aliphatic heterocycles. The number of carbonyl (C=O) groups excluding carboxylic acids is 1. The van der Waals surface area contributed by atoms with Crippen molar-refractivity contribution in [3.63, 3.8) is 0 Å². The normalized spacial score (nSPS) is 9.64. The Kier molecular flexibility index (Phi) is 2.93. The lowest BCUT2D eigenvalue weighted by atomic mass is 10.2. The van der Waals surface area contributed by atoms with E-state index in [0.717, 1.165) is 0 Å². The van der Waals surface area contributed by atoms with Gasteiger partial charge in [-0.1, -0.05) is 11.6 Å². The van der Waals surface area contributed by atoms with Crippen molar-refractivity contribution in [3.05, 3.63) is 34.9 Å². The zero-order chi connectivity index (χ0) is 8.27. The van der Waals surface area contributed by atoms with E-state index in [9.17, 15) is 4.79 Å². The van der Waals surface area contributed by atoms with Crippen LogP contribution >= 0.6 is 23.5 Å². The Morgan fingerprint density at radius 1 is 1.36 bits per heavy atom. The van der Waals surface area contributed by atoms with Crippen molar-refractivity contribution in [2.24, 2.45) is 5.14 Å². The number of carbonyl (C=O) groups is 1. The van der Waals surface area contributed by atoms with E-state index in [2.05, 4.69) is 0 Å². The zero-order valence-electron chi connectivity index (χ0n) is 5.58. The predicted molar refractivity (Wildman–Crippen MR) is 47.6 cm³/mol. The fraction of sp³-hybridized carbons (Fsp3) is 0. The Hall–Kier alpha value is -0.510. The number of halogens is 1. The van der Waals surface area contributed by atoms with Crippen LogP contribution in [0.5, 0.6) is 0 Å². The second-order valence-electron chi connectivity index (χ2n) is 1.91. The molecule has 1 aromatic rings. The SMILES string of the molecule is NSC(=O)c1ccc(Cl)cc1. The topological polar surface area (TPSA) is 43.1 Å². The van der Waals surface area contributed by atoms with Crippen LogP contribution in [0.25, 0.3) is 0 Å². The molecule has 0 atom stereocenters. The minimum absolute atomic E-state index is 0.151. The molecule has 0 aliphatic carbocycles. The second-order valence-corrected chi connectivity index (χ2v) is 2.96. The lowest BCUT2D eigenvalue weighted by Crippen LogP contribution is -1.95. The van der Waals surface area contributed by atoms with Crippen LogP contribution in [0, 0.1) is 0 Å². The van der Waals surface area contributed by atoms with Crippen LogP contribution < -0.4 is 5.14 Å². The summed E-state index contributed by atoms with van der Waals surface area (Å²) in [4.78, 5) is 10.9. The van der Waals surface area contributed by atoms with Crippen molar-refractivity contribution in [2.45, 2.75) is 0 Å². The third-order valence-electron chi connectivity index (χ3n) is 1.19. The Labute approximate surface area is 73.9 Å². The molecule has 2 nitrogen and oxygen atoms in total. The Morgan fingerprint density at radius 2 is 1.91 bits per heavy atom. The number of benzene rings is 1. The molecule has 0 spiro atoms. The van der Waals surface area contributed by atoms with E-state index in [4.69, 9.17) is 16.7 Å². The van der Waals surface area contributed by atoms with Crippen molar-refractivity contribution in [1.82, 2.24) is 0 Å². The summed E-state index contributed by atoms with van der Waals surface area (Å²) in [6.45, 7) is 0. The Bertz CT molecular complexity index is 260. The highest BCUT2D eigenvalue weighted by Gasteiger charge is 2.02. The van der Waals surface area contributed by atoms with Gasteiger partial charge in [-0.2, -0.15) is 0 Å². The molecule has 2 N–H and O–H groups in total. The molecule has 11 heavy (non-hydrogen) atoms.